The molecule has 3 N–H and O–H groups in total. The van der Waals surface area contributed by atoms with Crippen LogP contribution in [-0.2, 0) is 4.79 Å². The monoisotopic (exact) mass is 296 g/mol. The second-order valence-electron chi connectivity index (χ2n) is 5.04. The number of amides is 1. The number of aromatic carboxylic acids is 1. The lowest BCUT2D eigenvalue weighted by molar-refractivity contribution is -0.119. The Hall–Kier alpha value is -1.75. The SMILES string of the molecule is NC(=O)CC1CCN(c2c(Cl)cccc2C(=O)O)CC1. The molecule has 108 valence electrons. The first-order valence-corrected chi connectivity index (χ1v) is 6.92. The van der Waals surface area contributed by atoms with Crippen molar-refractivity contribution >= 4 is 29.2 Å². The molecule has 0 bridgehead atoms. The van der Waals surface area contributed by atoms with Crippen LogP contribution in [0.5, 0.6) is 0 Å². The van der Waals surface area contributed by atoms with E-state index in [-0.39, 0.29) is 17.4 Å². The van der Waals surface area contributed by atoms with Crippen LogP contribution in [0.3, 0.4) is 0 Å². The molecule has 0 saturated carbocycles. The van der Waals surface area contributed by atoms with E-state index in [2.05, 4.69) is 0 Å². The molecule has 2 rings (SSSR count). The number of carboxylic acid groups (broad SMARTS) is 1. The fourth-order valence-electron chi connectivity index (χ4n) is 2.65. The Morgan fingerprint density at radius 2 is 2.00 bits per heavy atom. The average molecular weight is 297 g/mol. The Kier molecular flexibility index (Phi) is 4.49. The molecule has 1 aliphatic heterocycles. The molecule has 1 aromatic carbocycles. The average Bonchev–Trinajstić information content (AvgIpc) is 2.39. The van der Waals surface area contributed by atoms with E-state index in [0.717, 1.165) is 12.8 Å². The number of hydrogen-bond donors (Lipinski definition) is 2. The molecule has 1 amide bonds. The lowest BCUT2D eigenvalue weighted by Crippen LogP contribution is -2.36. The molecule has 1 aliphatic rings. The number of anilines is 1. The third-order valence-corrected chi connectivity index (χ3v) is 3.94. The van der Waals surface area contributed by atoms with Gasteiger partial charge in [-0.1, -0.05) is 17.7 Å². The van der Waals surface area contributed by atoms with Gasteiger partial charge >= 0.3 is 5.97 Å². The molecule has 0 unspecified atom stereocenters. The van der Waals surface area contributed by atoms with Crippen LogP contribution in [0.1, 0.15) is 29.6 Å². The highest BCUT2D eigenvalue weighted by Crippen LogP contribution is 2.33. The van der Waals surface area contributed by atoms with Crippen molar-refractivity contribution in [2.75, 3.05) is 18.0 Å². The Balaban J connectivity index is 2.14. The first-order valence-electron chi connectivity index (χ1n) is 6.54. The molecule has 0 aliphatic carbocycles. The second-order valence-corrected chi connectivity index (χ2v) is 5.45. The summed E-state index contributed by atoms with van der Waals surface area (Å²) in [5, 5.41) is 9.69. The summed E-state index contributed by atoms with van der Waals surface area (Å²) in [5.41, 5.74) is 5.99. The number of halogens is 1. The maximum absolute atomic E-state index is 11.3. The quantitative estimate of drug-likeness (QED) is 0.891. The van der Waals surface area contributed by atoms with E-state index in [0.29, 0.717) is 30.2 Å². The number of hydrogen-bond acceptors (Lipinski definition) is 3. The second kappa shape index (κ2) is 6.13. The van der Waals surface area contributed by atoms with Crippen LogP contribution in [-0.4, -0.2) is 30.1 Å². The van der Waals surface area contributed by atoms with E-state index >= 15 is 0 Å². The van der Waals surface area contributed by atoms with Crippen LogP contribution >= 0.6 is 11.6 Å². The van der Waals surface area contributed by atoms with Gasteiger partial charge in [-0.2, -0.15) is 0 Å². The number of para-hydroxylation sites is 1. The van der Waals surface area contributed by atoms with Crippen molar-refractivity contribution in [2.24, 2.45) is 11.7 Å². The van der Waals surface area contributed by atoms with Gasteiger partial charge in [-0.15, -0.1) is 0 Å². The van der Waals surface area contributed by atoms with E-state index in [1.54, 1.807) is 18.2 Å². The summed E-state index contributed by atoms with van der Waals surface area (Å²) in [4.78, 5) is 24.2. The van der Waals surface area contributed by atoms with Gasteiger partial charge in [0, 0.05) is 19.5 Å². The number of carbonyl (C=O) groups is 2. The topological polar surface area (TPSA) is 83.6 Å². The van der Waals surface area contributed by atoms with Crippen molar-refractivity contribution < 1.29 is 14.7 Å². The fourth-order valence-corrected chi connectivity index (χ4v) is 2.95. The highest BCUT2D eigenvalue weighted by Gasteiger charge is 2.25. The number of carbonyl (C=O) groups excluding carboxylic acids is 1. The third kappa shape index (κ3) is 3.22. The molecule has 20 heavy (non-hydrogen) atoms. The zero-order valence-electron chi connectivity index (χ0n) is 11.0. The smallest absolute Gasteiger partial charge is 0.337 e. The number of carboxylic acids is 1. The first kappa shape index (κ1) is 14.7. The van der Waals surface area contributed by atoms with Crippen LogP contribution in [0.2, 0.25) is 5.02 Å². The van der Waals surface area contributed by atoms with E-state index in [9.17, 15) is 14.7 Å². The lowest BCUT2D eigenvalue weighted by Gasteiger charge is -2.34. The summed E-state index contributed by atoms with van der Waals surface area (Å²) >= 11 is 6.15. The van der Waals surface area contributed by atoms with Gasteiger partial charge in [-0.25, -0.2) is 4.79 Å². The Morgan fingerprint density at radius 3 is 2.55 bits per heavy atom. The van der Waals surface area contributed by atoms with Crippen molar-refractivity contribution in [3.05, 3.63) is 28.8 Å². The summed E-state index contributed by atoms with van der Waals surface area (Å²) in [6.07, 6.45) is 2.02. The molecule has 0 radical (unpaired) electrons. The normalized spacial score (nSPS) is 16.1. The molecule has 0 aromatic heterocycles. The minimum Gasteiger partial charge on any atom is -0.478 e. The van der Waals surface area contributed by atoms with E-state index < -0.39 is 5.97 Å². The van der Waals surface area contributed by atoms with Crippen molar-refractivity contribution in [3.8, 4) is 0 Å². The molecule has 1 heterocycles. The van der Waals surface area contributed by atoms with E-state index in [1.165, 1.54) is 0 Å². The zero-order chi connectivity index (χ0) is 14.7. The predicted octanol–water partition coefficient (Wildman–Crippen LogP) is 2.13. The Bertz CT molecular complexity index is 525. The molecule has 0 atom stereocenters. The molecule has 0 spiro atoms. The number of rotatable bonds is 4. The van der Waals surface area contributed by atoms with Crippen molar-refractivity contribution in [1.82, 2.24) is 0 Å². The first-order chi connectivity index (χ1) is 9.49. The lowest BCUT2D eigenvalue weighted by atomic mass is 9.92. The summed E-state index contributed by atoms with van der Waals surface area (Å²) in [6, 6.07) is 4.88. The van der Waals surface area contributed by atoms with Crippen LogP contribution < -0.4 is 10.6 Å². The minimum absolute atomic E-state index is 0.214. The van der Waals surface area contributed by atoms with Gasteiger partial charge < -0.3 is 15.7 Å². The Morgan fingerprint density at radius 1 is 1.35 bits per heavy atom. The van der Waals surface area contributed by atoms with Gasteiger partial charge in [0.1, 0.15) is 0 Å². The highest BCUT2D eigenvalue weighted by atomic mass is 35.5. The number of piperidine rings is 1. The van der Waals surface area contributed by atoms with Crippen LogP contribution in [0, 0.1) is 5.92 Å². The van der Waals surface area contributed by atoms with Gasteiger partial charge in [0.05, 0.1) is 16.3 Å². The number of nitrogens with zero attached hydrogens (tertiary/aromatic N) is 1. The van der Waals surface area contributed by atoms with Crippen LogP contribution in [0.25, 0.3) is 0 Å². The standard InChI is InChI=1S/C14H17ClN2O3/c15-11-3-1-2-10(14(19)20)13(11)17-6-4-9(5-7-17)8-12(16)18/h1-3,9H,4-8H2,(H2,16,18)(H,19,20). The van der Waals surface area contributed by atoms with Crippen LogP contribution in [0.15, 0.2) is 18.2 Å². The van der Waals surface area contributed by atoms with E-state index in [1.807, 2.05) is 4.90 Å². The van der Waals surface area contributed by atoms with Gasteiger partial charge in [0.25, 0.3) is 0 Å². The maximum Gasteiger partial charge on any atom is 0.337 e. The van der Waals surface area contributed by atoms with Crippen molar-refractivity contribution in [3.63, 3.8) is 0 Å². The number of nitrogens with two attached hydrogens (primary N) is 1. The predicted molar refractivity (Wildman–Crippen MR) is 77.2 cm³/mol. The van der Waals surface area contributed by atoms with Gasteiger partial charge in [0.15, 0.2) is 0 Å². The van der Waals surface area contributed by atoms with E-state index in [4.69, 9.17) is 17.3 Å². The summed E-state index contributed by atoms with van der Waals surface area (Å²) in [6.45, 7) is 1.36. The maximum atomic E-state index is 11.3. The minimum atomic E-state index is -0.984. The molecular weight excluding hydrogens is 280 g/mol. The molecule has 5 nitrogen and oxygen atoms in total. The molecular formula is C14H17ClN2O3. The third-order valence-electron chi connectivity index (χ3n) is 3.64. The fraction of sp³-hybridized carbons (Fsp3) is 0.429. The van der Waals surface area contributed by atoms with Gasteiger partial charge in [-0.3, -0.25) is 4.79 Å². The molecule has 1 saturated heterocycles. The highest BCUT2D eigenvalue weighted by molar-refractivity contribution is 6.34. The van der Waals surface area contributed by atoms with Gasteiger partial charge in [-0.05, 0) is 30.9 Å². The van der Waals surface area contributed by atoms with Crippen molar-refractivity contribution in [2.45, 2.75) is 19.3 Å². The van der Waals surface area contributed by atoms with Crippen LogP contribution in [0.4, 0.5) is 5.69 Å². The van der Waals surface area contributed by atoms with Crippen molar-refractivity contribution in [1.29, 1.82) is 0 Å². The zero-order valence-corrected chi connectivity index (χ0v) is 11.8. The van der Waals surface area contributed by atoms with Gasteiger partial charge in [0.2, 0.25) is 5.91 Å². The Labute approximate surface area is 122 Å². The molecule has 1 aromatic rings. The molecule has 1 fully saturated rings. The number of benzene rings is 1. The summed E-state index contributed by atoms with van der Waals surface area (Å²) in [7, 11) is 0. The molecule has 6 heteroatoms. The number of primary amides is 1. The largest absolute Gasteiger partial charge is 0.478 e. The summed E-state index contributed by atoms with van der Waals surface area (Å²) < 4.78 is 0. The summed E-state index contributed by atoms with van der Waals surface area (Å²) in [5.74, 6) is -0.992.